The van der Waals surface area contributed by atoms with Gasteiger partial charge >= 0.3 is 13.1 Å². The number of nitrogen functional groups attached to an aromatic ring is 1. The first kappa shape index (κ1) is 21.9. The number of aromatic carboxylic acids is 1. The van der Waals surface area contributed by atoms with Gasteiger partial charge in [-0.15, -0.1) is 22.7 Å². The molecular formula is C19H17BN4O6S2. The van der Waals surface area contributed by atoms with Crippen molar-refractivity contribution in [1.29, 1.82) is 0 Å². The summed E-state index contributed by atoms with van der Waals surface area (Å²) in [5.74, 6) is -2.66. The van der Waals surface area contributed by atoms with E-state index in [2.05, 4.69) is 15.3 Å². The van der Waals surface area contributed by atoms with E-state index in [-0.39, 0.29) is 35.0 Å². The minimum atomic E-state index is -1.39. The number of aromatic nitrogens is 2. The monoisotopic (exact) mass is 472 g/mol. The number of nitrogens with one attached hydrogen (secondary N) is 1. The van der Waals surface area contributed by atoms with Gasteiger partial charge in [0, 0.05) is 23.0 Å². The first-order valence-electron chi connectivity index (χ1n) is 9.46. The molecule has 2 aromatic heterocycles. The first-order chi connectivity index (χ1) is 15.3. The lowest BCUT2D eigenvalue weighted by molar-refractivity contribution is -0.121. The molecule has 0 fully saturated rings. The highest BCUT2D eigenvalue weighted by Gasteiger charge is 2.39. The van der Waals surface area contributed by atoms with Crippen molar-refractivity contribution < 1.29 is 29.2 Å². The molecule has 2 atom stereocenters. The second kappa shape index (κ2) is 9.06. The van der Waals surface area contributed by atoms with Crippen LogP contribution in [0.25, 0.3) is 0 Å². The molecule has 13 heteroatoms. The van der Waals surface area contributed by atoms with Crippen molar-refractivity contribution in [3.63, 3.8) is 0 Å². The summed E-state index contributed by atoms with van der Waals surface area (Å²) < 4.78 is 5.46. The lowest BCUT2D eigenvalue weighted by Crippen LogP contribution is -2.39. The van der Waals surface area contributed by atoms with Gasteiger partial charge in [-0.1, -0.05) is 12.1 Å². The number of carbonyl (C=O) groups excluding carboxylic acids is 2. The number of amides is 1. The fourth-order valence-corrected chi connectivity index (χ4v) is 4.61. The standard InChI is InChI=1S/C19H17BN4O6S2/c21-19-23-12(7-32-19)15(24-17(26)13-6-31-8-22-13)14(25)5-10-4-9-2-1-3-11(18(27)28)16(9)30-20(10)29/h1-3,6-8,10,15,29H,4-5H2,(H2,21,23)(H,24,26)(H,27,28)/t10-,15?/m1/s1. The minimum absolute atomic E-state index is 0.0577. The van der Waals surface area contributed by atoms with Gasteiger partial charge in [-0.05, 0) is 18.1 Å². The molecular weight excluding hydrogens is 455 g/mol. The minimum Gasteiger partial charge on any atom is -0.535 e. The maximum Gasteiger partial charge on any atom is 0.526 e. The number of rotatable bonds is 7. The zero-order valence-electron chi connectivity index (χ0n) is 16.4. The topological polar surface area (TPSA) is 165 Å². The number of para-hydroxylation sites is 1. The third kappa shape index (κ3) is 4.49. The van der Waals surface area contributed by atoms with E-state index in [0.717, 1.165) is 11.3 Å². The van der Waals surface area contributed by atoms with Crippen LogP contribution in [0.1, 0.15) is 44.6 Å². The molecule has 0 spiro atoms. The predicted molar refractivity (Wildman–Crippen MR) is 118 cm³/mol. The summed E-state index contributed by atoms with van der Waals surface area (Å²) in [5, 5.41) is 25.8. The Labute approximate surface area is 190 Å². The first-order valence-corrected chi connectivity index (χ1v) is 11.3. The fourth-order valence-electron chi connectivity index (χ4n) is 3.49. The number of Topliss-reactive ketones (excluding diaryl/α,β-unsaturated/α-hetero) is 1. The predicted octanol–water partition coefficient (Wildman–Crippen LogP) is 1.80. The third-order valence-corrected chi connectivity index (χ3v) is 6.29. The average molecular weight is 472 g/mol. The molecule has 0 bridgehead atoms. The van der Waals surface area contributed by atoms with Crippen molar-refractivity contribution in [3.05, 3.63) is 57.0 Å². The van der Waals surface area contributed by atoms with E-state index >= 15 is 0 Å². The molecule has 32 heavy (non-hydrogen) atoms. The number of nitrogens with two attached hydrogens (primary N) is 1. The summed E-state index contributed by atoms with van der Waals surface area (Å²) >= 11 is 2.38. The van der Waals surface area contributed by atoms with Crippen LogP contribution >= 0.6 is 22.7 Å². The van der Waals surface area contributed by atoms with Crippen molar-refractivity contribution in [2.24, 2.45) is 0 Å². The molecule has 0 aliphatic carbocycles. The SMILES string of the molecule is Nc1nc(C(NC(=O)c2cscn2)C(=O)C[C@H]2Cc3cccc(C(=O)O)c3OB2O)cs1. The number of carboxylic acids is 1. The third-order valence-electron chi connectivity index (χ3n) is 5.01. The highest BCUT2D eigenvalue weighted by Crippen LogP contribution is 2.37. The van der Waals surface area contributed by atoms with Gasteiger partial charge in [0.1, 0.15) is 17.5 Å². The molecule has 3 heterocycles. The molecule has 1 unspecified atom stereocenters. The molecule has 0 saturated carbocycles. The zero-order chi connectivity index (χ0) is 22.8. The molecule has 10 nitrogen and oxygen atoms in total. The van der Waals surface area contributed by atoms with Crippen molar-refractivity contribution in [3.8, 4) is 5.75 Å². The van der Waals surface area contributed by atoms with Crippen LogP contribution in [0.4, 0.5) is 5.13 Å². The van der Waals surface area contributed by atoms with Gasteiger partial charge in [0.25, 0.3) is 5.91 Å². The van der Waals surface area contributed by atoms with Crippen molar-refractivity contribution in [1.82, 2.24) is 15.3 Å². The van der Waals surface area contributed by atoms with E-state index in [1.54, 1.807) is 22.9 Å². The summed E-state index contributed by atoms with van der Waals surface area (Å²) in [5.41, 5.74) is 8.20. The Bertz CT molecular complexity index is 1170. The van der Waals surface area contributed by atoms with Gasteiger partial charge in [0.15, 0.2) is 10.9 Å². The number of ketones is 1. The van der Waals surface area contributed by atoms with Crippen LogP contribution in [0.5, 0.6) is 5.75 Å². The molecule has 0 radical (unpaired) electrons. The van der Waals surface area contributed by atoms with Crippen LogP contribution in [0.2, 0.25) is 5.82 Å². The van der Waals surface area contributed by atoms with Gasteiger partial charge in [-0.25, -0.2) is 14.8 Å². The Morgan fingerprint density at radius 2 is 2.16 bits per heavy atom. The number of fused-ring (bicyclic) bond motifs is 1. The number of hydrogen-bond acceptors (Lipinski definition) is 10. The summed E-state index contributed by atoms with van der Waals surface area (Å²) in [6.45, 7) is 0. The molecule has 3 aromatic rings. The normalized spacial score (nSPS) is 16.0. The van der Waals surface area contributed by atoms with Gasteiger partial charge in [-0.3, -0.25) is 9.59 Å². The summed E-state index contributed by atoms with van der Waals surface area (Å²) in [7, 11) is -1.39. The smallest absolute Gasteiger partial charge is 0.526 e. The van der Waals surface area contributed by atoms with Crippen molar-refractivity contribution >= 4 is 52.6 Å². The Morgan fingerprint density at radius 1 is 1.34 bits per heavy atom. The average Bonchev–Trinajstić information content (AvgIpc) is 3.44. The summed E-state index contributed by atoms with van der Waals surface area (Å²) in [6.07, 6.45) is 0.0899. The number of thiazole rings is 2. The number of hydrogen-bond donors (Lipinski definition) is 4. The zero-order valence-corrected chi connectivity index (χ0v) is 18.1. The Kier molecular flexibility index (Phi) is 6.21. The van der Waals surface area contributed by atoms with Crippen molar-refractivity contribution in [2.75, 3.05) is 5.73 Å². The highest BCUT2D eigenvalue weighted by atomic mass is 32.1. The van der Waals surface area contributed by atoms with Gasteiger partial charge in [-0.2, -0.15) is 0 Å². The molecule has 1 amide bonds. The number of nitrogens with zero attached hydrogens (tertiary/aromatic N) is 2. The quantitative estimate of drug-likeness (QED) is 0.375. The Hall–Kier alpha value is -3.29. The number of benzene rings is 1. The molecule has 1 aliphatic heterocycles. The van der Waals surface area contributed by atoms with E-state index in [1.807, 2.05) is 0 Å². The maximum atomic E-state index is 13.2. The van der Waals surface area contributed by atoms with E-state index in [1.165, 1.54) is 22.9 Å². The Balaban J connectivity index is 1.55. The van der Waals surface area contributed by atoms with Gasteiger partial charge in [0.2, 0.25) is 0 Å². The van der Waals surface area contributed by atoms with E-state index < -0.39 is 36.6 Å². The molecule has 1 aliphatic rings. The molecule has 5 N–H and O–H groups in total. The number of carbonyl (C=O) groups is 3. The molecule has 4 rings (SSSR count). The maximum absolute atomic E-state index is 13.2. The number of anilines is 1. The lowest BCUT2D eigenvalue weighted by atomic mass is 9.64. The van der Waals surface area contributed by atoms with E-state index in [4.69, 9.17) is 10.4 Å². The fraction of sp³-hybridized carbons (Fsp3) is 0.211. The van der Waals surface area contributed by atoms with Gasteiger partial charge < -0.3 is 25.8 Å². The van der Waals surface area contributed by atoms with Crippen LogP contribution in [-0.2, 0) is 11.2 Å². The Morgan fingerprint density at radius 3 is 2.81 bits per heavy atom. The van der Waals surface area contributed by atoms with Crippen LogP contribution in [-0.4, -0.2) is 44.9 Å². The van der Waals surface area contributed by atoms with Crippen LogP contribution in [0.15, 0.2) is 34.5 Å². The van der Waals surface area contributed by atoms with E-state index in [9.17, 15) is 24.5 Å². The highest BCUT2D eigenvalue weighted by molar-refractivity contribution is 7.13. The van der Waals surface area contributed by atoms with Crippen LogP contribution in [0.3, 0.4) is 0 Å². The molecule has 0 saturated heterocycles. The molecule has 164 valence electrons. The largest absolute Gasteiger partial charge is 0.535 e. The van der Waals surface area contributed by atoms with Crippen LogP contribution in [0, 0.1) is 0 Å². The van der Waals surface area contributed by atoms with Gasteiger partial charge in [0.05, 0.1) is 16.8 Å². The number of carboxylic acid groups (broad SMARTS) is 1. The lowest BCUT2D eigenvalue weighted by Gasteiger charge is -2.28. The second-order valence-corrected chi connectivity index (χ2v) is 8.74. The van der Waals surface area contributed by atoms with E-state index in [0.29, 0.717) is 11.3 Å². The molecule has 1 aromatic carbocycles. The summed E-state index contributed by atoms with van der Waals surface area (Å²) in [6, 6.07) is 3.57. The van der Waals surface area contributed by atoms with Crippen molar-refractivity contribution in [2.45, 2.75) is 24.7 Å². The van der Waals surface area contributed by atoms with Crippen LogP contribution < -0.4 is 15.7 Å². The second-order valence-electron chi connectivity index (χ2n) is 7.13. The summed E-state index contributed by atoms with van der Waals surface area (Å²) in [4.78, 5) is 45.2.